The highest BCUT2D eigenvalue weighted by atomic mass is 19.1. The SMILES string of the molecule is CC(C)C(=O)c1ccc(OCCCN2CCC(C(O)(c3ccc(F)cc3)c3ccc(F)cc3)CC2)cc1.O=C(O)C(=O)O. The highest BCUT2D eigenvalue weighted by Gasteiger charge is 2.41. The van der Waals surface area contributed by atoms with E-state index in [4.69, 9.17) is 24.5 Å². The molecule has 0 saturated carbocycles. The highest BCUT2D eigenvalue weighted by Crippen LogP contribution is 2.42. The molecular weight excluding hydrogens is 560 g/mol. The van der Waals surface area contributed by atoms with Crippen LogP contribution in [-0.2, 0) is 15.2 Å². The zero-order valence-corrected chi connectivity index (χ0v) is 24.2. The standard InChI is InChI=1S/C31H35F2NO3.C2H2O4/c1-22(2)30(35)23-4-14-29(15-5-23)37-21-3-18-34-19-16-26(17-20-34)31(36,24-6-10-27(32)11-7-24)25-8-12-28(33)13-9-25;3-1(4)2(5)6/h4-15,22,26,36H,3,16-21H2,1-2H3;(H,3,4)(H,5,6). The van der Waals surface area contributed by atoms with Gasteiger partial charge in [-0.1, -0.05) is 38.1 Å². The van der Waals surface area contributed by atoms with E-state index in [1.165, 1.54) is 24.3 Å². The van der Waals surface area contributed by atoms with Crippen LogP contribution in [0, 0.1) is 23.5 Å². The average Bonchev–Trinajstić information content (AvgIpc) is 3.00. The van der Waals surface area contributed by atoms with Crippen molar-refractivity contribution in [3.05, 3.63) is 101 Å². The number of halogens is 2. The van der Waals surface area contributed by atoms with Crippen LogP contribution >= 0.6 is 0 Å². The average molecular weight is 598 g/mol. The summed E-state index contributed by atoms with van der Waals surface area (Å²) in [4.78, 5) is 32.6. The van der Waals surface area contributed by atoms with E-state index in [-0.39, 0.29) is 29.3 Å². The van der Waals surface area contributed by atoms with Crippen molar-refractivity contribution in [2.75, 3.05) is 26.2 Å². The molecule has 0 spiro atoms. The van der Waals surface area contributed by atoms with Crippen LogP contribution in [0.5, 0.6) is 5.75 Å². The maximum absolute atomic E-state index is 13.6. The van der Waals surface area contributed by atoms with Gasteiger partial charge in [0.25, 0.3) is 0 Å². The number of hydrogen-bond acceptors (Lipinski definition) is 6. The van der Waals surface area contributed by atoms with Crippen molar-refractivity contribution in [2.24, 2.45) is 11.8 Å². The predicted molar refractivity (Wildman–Crippen MR) is 156 cm³/mol. The number of ether oxygens (including phenoxy) is 1. The molecule has 1 saturated heterocycles. The number of benzene rings is 3. The number of carboxylic acids is 2. The summed E-state index contributed by atoms with van der Waals surface area (Å²) in [5.41, 5.74) is 0.619. The number of carbonyl (C=O) groups is 3. The monoisotopic (exact) mass is 597 g/mol. The molecule has 230 valence electrons. The minimum absolute atomic E-state index is 0.0294. The molecule has 3 aromatic rings. The molecule has 0 unspecified atom stereocenters. The zero-order valence-electron chi connectivity index (χ0n) is 24.2. The minimum Gasteiger partial charge on any atom is -0.494 e. The number of Topliss-reactive ketones (excluding diaryl/α,β-unsaturated/α-hetero) is 1. The van der Waals surface area contributed by atoms with E-state index in [2.05, 4.69) is 4.90 Å². The van der Waals surface area contributed by atoms with Gasteiger partial charge in [0.15, 0.2) is 5.78 Å². The molecule has 1 fully saturated rings. The van der Waals surface area contributed by atoms with Crippen molar-refractivity contribution in [1.82, 2.24) is 4.90 Å². The third kappa shape index (κ3) is 9.17. The van der Waals surface area contributed by atoms with Crippen molar-refractivity contribution in [2.45, 2.75) is 38.7 Å². The van der Waals surface area contributed by atoms with Gasteiger partial charge in [0.05, 0.1) is 6.61 Å². The van der Waals surface area contributed by atoms with Gasteiger partial charge in [0.2, 0.25) is 0 Å². The third-order valence-corrected chi connectivity index (χ3v) is 7.48. The second kappa shape index (κ2) is 15.4. The van der Waals surface area contributed by atoms with Crippen molar-refractivity contribution >= 4 is 17.7 Å². The van der Waals surface area contributed by atoms with Crippen LogP contribution < -0.4 is 4.74 Å². The van der Waals surface area contributed by atoms with Gasteiger partial charge in [-0.25, -0.2) is 18.4 Å². The van der Waals surface area contributed by atoms with E-state index in [1.807, 2.05) is 38.1 Å². The van der Waals surface area contributed by atoms with Crippen LogP contribution in [0.2, 0.25) is 0 Å². The van der Waals surface area contributed by atoms with Crippen molar-refractivity contribution in [3.63, 3.8) is 0 Å². The summed E-state index contributed by atoms with van der Waals surface area (Å²) in [5, 5.41) is 26.7. The highest BCUT2D eigenvalue weighted by molar-refractivity contribution is 6.27. The molecule has 0 radical (unpaired) electrons. The second-order valence-electron chi connectivity index (χ2n) is 10.8. The summed E-state index contributed by atoms with van der Waals surface area (Å²) in [6, 6.07) is 19.2. The number of ketones is 1. The Balaban J connectivity index is 0.000000765. The van der Waals surface area contributed by atoms with Crippen LogP contribution in [0.1, 0.15) is 54.6 Å². The molecule has 0 aromatic heterocycles. The lowest BCUT2D eigenvalue weighted by atomic mass is 9.72. The van der Waals surface area contributed by atoms with Gasteiger partial charge in [-0.05, 0) is 97.9 Å². The summed E-state index contributed by atoms with van der Waals surface area (Å²) >= 11 is 0. The Hall–Kier alpha value is -4.15. The molecule has 0 bridgehead atoms. The fourth-order valence-corrected chi connectivity index (χ4v) is 5.15. The van der Waals surface area contributed by atoms with Crippen LogP contribution in [0.3, 0.4) is 0 Å². The molecule has 43 heavy (non-hydrogen) atoms. The first kappa shape index (κ1) is 33.4. The lowest BCUT2D eigenvalue weighted by Crippen LogP contribution is -2.44. The van der Waals surface area contributed by atoms with E-state index < -0.39 is 17.5 Å². The Morgan fingerprint density at radius 3 is 1.72 bits per heavy atom. The zero-order chi connectivity index (χ0) is 31.6. The van der Waals surface area contributed by atoms with Crippen LogP contribution in [0.25, 0.3) is 0 Å². The molecule has 3 aromatic carbocycles. The molecule has 1 aliphatic rings. The molecule has 10 heteroatoms. The molecule has 0 atom stereocenters. The molecule has 1 heterocycles. The number of likely N-dealkylation sites (tertiary alicyclic amines) is 1. The lowest BCUT2D eigenvalue weighted by molar-refractivity contribution is -0.159. The summed E-state index contributed by atoms with van der Waals surface area (Å²) in [5.74, 6) is -3.60. The number of aliphatic hydroxyl groups is 1. The smallest absolute Gasteiger partial charge is 0.414 e. The second-order valence-corrected chi connectivity index (χ2v) is 10.8. The predicted octanol–water partition coefficient (Wildman–Crippen LogP) is 5.38. The van der Waals surface area contributed by atoms with Gasteiger partial charge < -0.3 is 25.0 Å². The maximum Gasteiger partial charge on any atom is 0.414 e. The van der Waals surface area contributed by atoms with Gasteiger partial charge in [-0.15, -0.1) is 0 Å². The van der Waals surface area contributed by atoms with E-state index in [1.54, 1.807) is 24.3 Å². The maximum atomic E-state index is 13.6. The van der Waals surface area contributed by atoms with E-state index in [0.29, 0.717) is 23.3 Å². The van der Waals surface area contributed by atoms with Gasteiger partial charge in [-0.2, -0.15) is 0 Å². The normalized spacial score (nSPS) is 14.1. The van der Waals surface area contributed by atoms with E-state index in [0.717, 1.165) is 44.6 Å². The van der Waals surface area contributed by atoms with Crippen LogP contribution in [-0.4, -0.2) is 64.2 Å². The molecule has 8 nitrogen and oxygen atoms in total. The number of rotatable bonds is 10. The third-order valence-electron chi connectivity index (χ3n) is 7.48. The largest absolute Gasteiger partial charge is 0.494 e. The Morgan fingerprint density at radius 1 is 0.837 bits per heavy atom. The van der Waals surface area contributed by atoms with Gasteiger partial charge in [0.1, 0.15) is 23.0 Å². The summed E-state index contributed by atoms with van der Waals surface area (Å²) in [6.45, 7) is 6.88. The Kier molecular flexibility index (Phi) is 11.9. The minimum atomic E-state index is -1.82. The number of carboxylic acid groups (broad SMARTS) is 2. The molecular formula is C33H37F2NO7. The summed E-state index contributed by atoms with van der Waals surface area (Å²) in [6.07, 6.45) is 2.38. The van der Waals surface area contributed by atoms with E-state index in [9.17, 15) is 18.7 Å². The van der Waals surface area contributed by atoms with Gasteiger partial charge in [0, 0.05) is 18.0 Å². The number of aliphatic carboxylic acids is 2. The van der Waals surface area contributed by atoms with E-state index >= 15 is 0 Å². The number of carbonyl (C=O) groups excluding carboxylic acids is 1. The quantitative estimate of drug-likeness (QED) is 0.162. The first-order valence-corrected chi connectivity index (χ1v) is 14.1. The van der Waals surface area contributed by atoms with Crippen LogP contribution in [0.15, 0.2) is 72.8 Å². The number of piperidine rings is 1. The fraction of sp³-hybridized carbons (Fsp3) is 0.364. The Bertz CT molecular complexity index is 1290. The Morgan fingerprint density at radius 2 is 1.30 bits per heavy atom. The number of hydrogen-bond donors (Lipinski definition) is 3. The van der Waals surface area contributed by atoms with Gasteiger partial charge >= 0.3 is 11.9 Å². The Labute approximate surface area is 249 Å². The first-order valence-electron chi connectivity index (χ1n) is 14.1. The van der Waals surface area contributed by atoms with Crippen molar-refractivity contribution in [3.8, 4) is 5.75 Å². The van der Waals surface area contributed by atoms with Crippen molar-refractivity contribution in [1.29, 1.82) is 0 Å². The topological polar surface area (TPSA) is 124 Å². The summed E-state index contributed by atoms with van der Waals surface area (Å²) in [7, 11) is 0. The summed E-state index contributed by atoms with van der Waals surface area (Å²) < 4.78 is 33.1. The van der Waals surface area contributed by atoms with Crippen LogP contribution in [0.4, 0.5) is 8.78 Å². The molecule has 0 amide bonds. The molecule has 0 aliphatic carbocycles. The molecule has 3 N–H and O–H groups in total. The first-order chi connectivity index (χ1) is 20.4. The number of nitrogens with zero attached hydrogens (tertiary/aromatic N) is 1. The van der Waals surface area contributed by atoms with Gasteiger partial charge in [-0.3, -0.25) is 4.79 Å². The fourth-order valence-electron chi connectivity index (χ4n) is 5.15. The molecule has 1 aliphatic heterocycles. The van der Waals surface area contributed by atoms with Crippen molar-refractivity contribution < 1.29 is 43.2 Å². The lowest BCUT2D eigenvalue weighted by Gasteiger charge is -2.42. The molecule has 4 rings (SSSR count).